The van der Waals surface area contributed by atoms with E-state index in [0.717, 1.165) is 29.6 Å². The van der Waals surface area contributed by atoms with Crippen molar-refractivity contribution in [3.63, 3.8) is 0 Å². The Hall–Kier alpha value is -3.23. The molecular weight excluding hydrogens is 413 g/mol. The van der Waals surface area contributed by atoms with Crippen molar-refractivity contribution in [2.45, 2.75) is 44.4 Å². The zero-order valence-corrected chi connectivity index (χ0v) is 18.0. The predicted octanol–water partition coefficient (Wildman–Crippen LogP) is 2.79. The molecule has 1 amide bonds. The van der Waals surface area contributed by atoms with Crippen LogP contribution in [0.3, 0.4) is 0 Å². The number of hydrogen-bond donors (Lipinski definition) is 0. The Balaban J connectivity index is 1.33. The van der Waals surface area contributed by atoms with E-state index in [0.29, 0.717) is 25.2 Å². The van der Waals surface area contributed by atoms with Gasteiger partial charge < -0.3 is 9.32 Å². The number of nitrogens with zero attached hydrogens (tertiary/aromatic N) is 5. The molecule has 2 aliphatic carbocycles. The molecule has 0 aromatic carbocycles. The van der Waals surface area contributed by atoms with Crippen LogP contribution in [0.2, 0.25) is 0 Å². The summed E-state index contributed by atoms with van der Waals surface area (Å²) in [7, 11) is 1.71. The number of alkyl halides is 1. The van der Waals surface area contributed by atoms with Gasteiger partial charge in [-0.05, 0) is 43.9 Å². The van der Waals surface area contributed by atoms with Gasteiger partial charge in [0.05, 0.1) is 23.4 Å². The number of carbonyl (C=O) groups is 1. The van der Waals surface area contributed by atoms with Crippen LogP contribution in [0, 0.1) is 11.8 Å². The fourth-order valence-corrected chi connectivity index (χ4v) is 5.25. The number of aromatic nitrogens is 4. The lowest BCUT2D eigenvalue weighted by Gasteiger charge is -2.43. The van der Waals surface area contributed by atoms with Gasteiger partial charge in [-0.3, -0.25) is 13.9 Å². The molecular formula is C23H24FN5O3. The first-order valence-electron chi connectivity index (χ1n) is 11.0. The Kier molecular flexibility index (Phi) is 4.03. The second-order valence-corrected chi connectivity index (χ2v) is 9.43. The number of rotatable bonds is 4. The lowest BCUT2D eigenvalue weighted by atomic mass is 9.78. The fourth-order valence-electron chi connectivity index (χ4n) is 5.25. The normalized spacial score (nSPS) is 28.9. The summed E-state index contributed by atoms with van der Waals surface area (Å²) < 4.78 is 22.4. The molecule has 1 saturated carbocycles. The van der Waals surface area contributed by atoms with Crippen molar-refractivity contribution in [2.24, 2.45) is 18.9 Å². The molecule has 0 radical (unpaired) electrons. The Morgan fingerprint density at radius 1 is 1.34 bits per heavy atom. The number of carbonyl (C=O) groups excluding carboxylic acids is 1. The molecule has 0 spiro atoms. The summed E-state index contributed by atoms with van der Waals surface area (Å²) in [5, 5.41) is 0. The minimum atomic E-state index is -1.18. The molecule has 8 nitrogen and oxygen atoms in total. The van der Waals surface area contributed by atoms with Crippen molar-refractivity contribution >= 4 is 22.6 Å². The smallest absolute Gasteiger partial charge is 0.330 e. The van der Waals surface area contributed by atoms with Crippen molar-refractivity contribution in [1.29, 1.82) is 0 Å². The molecule has 32 heavy (non-hydrogen) atoms. The van der Waals surface area contributed by atoms with Gasteiger partial charge in [-0.25, -0.2) is 19.2 Å². The van der Waals surface area contributed by atoms with Crippen LogP contribution in [-0.4, -0.2) is 48.2 Å². The first-order chi connectivity index (χ1) is 15.3. The highest BCUT2D eigenvalue weighted by molar-refractivity contribution is 5.91. The van der Waals surface area contributed by atoms with Gasteiger partial charge in [-0.1, -0.05) is 6.08 Å². The topological polar surface area (TPSA) is 86.2 Å². The molecule has 4 aliphatic rings. The number of halogens is 1. The van der Waals surface area contributed by atoms with Crippen LogP contribution < -0.4 is 5.69 Å². The van der Waals surface area contributed by atoms with Gasteiger partial charge in [-0.2, -0.15) is 0 Å². The van der Waals surface area contributed by atoms with Crippen molar-refractivity contribution in [1.82, 2.24) is 24.0 Å². The minimum Gasteiger partial charge on any atom is -0.441 e. The first-order valence-corrected chi connectivity index (χ1v) is 11.0. The van der Waals surface area contributed by atoms with Crippen LogP contribution in [-0.2, 0) is 13.6 Å². The molecule has 4 unspecified atom stereocenters. The average Bonchev–Trinajstić information content (AvgIpc) is 3.13. The van der Waals surface area contributed by atoms with Crippen LogP contribution in [0.4, 0.5) is 4.39 Å². The highest BCUT2D eigenvalue weighted by Gasteiger charge is 2.51. The summed E-state index contributed by atoms with van der Waals surface area (Å²) in [4.78, 5) is 36.2. The van der Waals surface area contributed by atoms with E-state index in [1.54, 1.807) is 18.5 Å². The molecule has 1 saturated heterocycles. The molecule has 5 heterocycles. The predicted molar refractivity (Wildman–Crippen MR) is 115 cm³/mol. The Labute approximate surface area is 183 Å². The van der Waals surface area contributed by atoms with E-state index in [4.69, 9.17) is 9.40 Å². The summed E-state index contributed by atoms with van der Waals surface area (Å²) >= 11 is 0. The largest absolute Gasteiger partial charge is 0.441 e. The molecule has 166 valence electrons. The maximum atomic E-state index is 14.1. The van der Waals surface area contributed by atoms with Crippen molar-refractivity contribution in [3.05, 3.63) is 52.7 Å². The monoisotopic (exact) mass is 437 g/mol. The highest BCUT2D eigenvalue weighted by Crippen LogP contribution is 2.48. The highest BCUT2D eigenvalue weighted by atomic mass is 19.1. The molecule has 4 atom stereocenters. The van der Waals surface area contributed by atoms with Crippen LogP contribution in [0.25, 0.3) is 16.7 Å². The number of amides is 1. The van der Waals surface area contributed by atoms with Crippen molar-refractivity contribution in [3.8, 4) is 0 Å². The second kappa shape index (κ2) is 6.63. The van der Waals surface area contributed by atoms with Crippen LogP contribution in [0.1, 0.15) is 42.6 Å². The number of oxazole rings is 1. The van der Waals surface area contributed by atoms with E-state index < -0.39 is 5.67 Å². The lowest BCUT2D eigenvalue weighted by molar-refractivity contribution is 0.0569. The van der Waals surface area contributed by atoms with Gasteiger partial charge in [0.25, 0.3) is 5.89 Å². The van der Waals surface area contributed by atoms with Crippen molar-refractivity contribution < 1.29 is 13.6 Å². The van der Waals surface area contributed by atoms with Gasteiger partial charge in [0.15, 0.2) is 5.65 Å². The number of aryl methyl sites for hydroxylation is 1. The summed E-state index contributed by atoms with van der Waals surface area (Å²) in [6.45, 7) is 2.55. The van der Waals surface area contributed by atoms with Gasteiger partial charge in [0, 0.05) is 32.0 Å². The number of hydrogen-bond acceptors (Lipinski definition) is 5. The van der Waals surface area contributed by atoms with Gasteiger partial charge in [0.1, 0.15) is 11.9 Å². The molecule has 7 rings (SSSR count). The van der Waals surface area contributed by atoms with E-state index >= 15 is 0 Å². The third kappa shape index (κ3) is 2.87. The summed E-state index contributed by atoms with van der Waals surface area (Å²) in [5.41, 5.74) is 1.91. The number of fused-ring (bicyclic) bond motifs is 3. The van der Waals surface area contributed by atoms with E-state index in [1.165, 1.54) is 17.0 Å². The Bertz CT molecular complexity index is 1320. The number of imidazole rings is 1. The minimum absolute atomic E-state index is 0.0302. The Morgan fingerprint density at radius 2 is 2.16 bits per heavy atom. The molecule has 3 aromatic heterocycles. The Morgan fingerprint density at radius 3 is 2.81 bits per heavy atom. The zero-order chi connectivity index (χ0) is 22.2. The standard InChI is InChI=1S/C23H24FN5O3/c1-23(24)10-14(23)12-29-18-6-5-17(26-19(18)27(2)22(29)31)16-9-15-4-3-13(16)11-28(15)21(30)20-25-7-8-32-20/h5-9,13-15H,3-4,10-12H2,1-2H3. The quantitative estimate of drug-likeness (QED) is 0.627. The van der Waals surface area contributed by atoms with E-state index in [9.17, 15) is 14.0 Å². The van der Waals surface area contributed by atoms with Gasteiger partial charge >= 0.3 is 11.6 Å². The first kappa shape index (κ1) is 19.5. The van der Waals surface area contributed by atoms with Crippen LogP contribution in [0.5, 0.6) is 0 Å². The number of piperidine rings is 1. The average molecular weight is 437 g/mol. The lowest BCUT2D eigenvalue weighted by Crippen LogP contribution is -2.49. The second-order valence-electron chi connectivity index (χ2n) is 9.43. The third-order valence-corrected chi connectivity index (χ3v) is 7.33. The van der Waals surface area contributed by atoms with E-state index in [-0.39, 0.29) is 35.4 Å². The maximum Gasteiger partial charge on any atom is 0.330 e. The summed E-state index contributed by atoms with van der Waals surface area (Å²) in [6, 6.07) is 3.82. The number of pyridine rings is 1. The van der Waals surface area contributed by atoms with Gasteiger partial charge in [0.2, 0.25) is 0 Å². The maximum absolute atomic E-state index is 14.1. The molecule has 2 bridgehead atoms. The summed E-state index contributed by atoms with van der Waals surface area (Å²) in [5.74, 6) is -0.0395. The third-order valence-electron chi connectivity index (χ3n) is 7.33. The fraction of sp³-hybridized carbons (Fsp3) is 0.478. The zero-order valence-electron chi connectivity index (χ0n) is 18.0. The summed E-state index contributed by atoms with van der Waals surface area (Å²) in [6.07, 6.45) is 7.34. The SMILES string of the molecule is Cn1c(=O)n(CC2CC2(C)F)c2ccc(C3=CC4CCC3CN4C(=O)c3ncco3)nc21. The van der Waals surface area contributed by atoms with Crippen LogP contribution >= 0.6 is 0 Å². The molecule has 9 heteroatoms. The molecule has 2 fully saturated rings. The van der Waals surface area contributed by atoms with Gasteiger partial charge in [-0.15, -0.1) is 0 Å². The van der Waals surface area contributed by atoms with E-state index in [2.05, 4.69) is 11.1 Å². The molecule has 3 aromatic rings. The van der Waals surface area contributed by atoms with Crippen molar-refractivity contribution in [2.75, 3.05) is 6.54 Å². The molecule has 0 N–H and O–H groups in total. The van der Waals surface area contributed by atoms with Crippen LogP contribution in [0.15, 0.2) is 39.9 Å². The molecule has 2 aliphatic heterocycles. The van der Waals surface area contributed by atoms with E-state index in [1.807, 2.05) is 17.0 Å².